The maximum atomic E-state index is 9.03. The minimum Gasteiger partial charge on any atom is -0.455 e. The van der Waals surface area contributed by atoms with Gasteiger partial charge in [0, 0.05) is 11.9 Å². The fourth-order valence-electron chi connectivity index (χ4n) is 1.80. The first kappa shape index (κ1) is 15.6. The van der Waals surface area contributed by atoms with E-state index < -0.39 is 0 Å². The lowest BCUT2D eigenvalue weighted by atomic mass is 10.2. The van der Waals surface area contributed by atoms with Crippen molar-refractivity contribution in [1.29, 1.82) is 15.8 Å². The highest BCUT2D eigenvalue weighted by Crippen LogP contribution is 2.27. The van der Waals surface area contributed by atoms with Crippen LogP contribution >= 0.6 is 0 Å². The summed E-state index contributed by atoms with van der Waals surface area (Å²) >= 11 is 0. The molecule has 0 unspecified atom stereocenters. The Morgan fingerprint density at radius 2 is 1.91 bits per heavy atom. The number of rotatable bonds is 4. The maximum Gasteiger partial charge on any atom is 0.163 e. The molecular formula is C17H11N5O. The van der Waals surface area contributed by atoms with Crippen molar-refractivity contribution in [2.45, 2.75) is 6.92 Å². The number of aromatic nitrogens is 1. The van der Waals surface area contributed by atoms with E-state index in [-0.39, 0.29) is 11.3 Å². The van der Waals surface area contributed by atoms with Crippen molar-refractivity contribution >= 4 is 5.69 Å². The normalized spacial score (nSPS) is 8.96. The number of nitrogens with one attached hydrogen (secondary N) is 1. The molecule has 0 aliphatic rings. The molecule has 1 aromatic carbocycles. The van der Waals surface area contributed by atoms with E-state index >= 15 is 0 Å². The van der Waals surface area contributed by atoms with Crippen LogP contribution in [0.3, 0.4) is 0 Å². The molecule has 2 aromatic rings. The van der Waals surface area contributed by atoms with Crippen LogP contribution in [0.25, 0.3) is 0 Å². The molecule has 1 N–H and O–H groups in total. The van der Waals surface area contributed by atoms with E-state index in [1.807, 2.05) is 13.0 Å². The number of hydrogen-bond donors (Lipinski definition) is 1. The minimum atomic E-state index is -0.263. The van der Waals surface area contributed by atoms with E-state index in [1.165, 1.54) is 0 Å². The molecule has 0 amide bonds. The zero-order valence-electron chi connectivity index (χ0n) is 12.2. The third kappa shape index (κ3) is 3.85. The Morgan fingerprint density at radius 1 is 1.13 bits per heavy atom. The molecule has 1 heterocycles. The van der Waals surface area contributed by atoms with E-state index in [1.54, 1.807) is 54.9 Å². The summed E-state index contributed by atoms with van der Waals surface area (Å²) in [6.45, 7) is 1.85. The van der Waals surface area contributed by atoms with Crippen LogP contribution in [0.4, 0.5) is 5.69 Å². The second-order valence-corrected chi connectivity index (χ2v) is 4.48. The topological polar surface area (TPSA) is 106 Å². The number of hydrogen-bond acceptors (Lipinski definition) is 6. The van der Waals surface area contributed by atoms with Crippen LogP contribution in [0.2, 0.25) is 0 Å². The summed E-state index contributed by atoms with van der Waals surface area (Å²) in [6.07, 6.45) is 3.26. The lowest BCUT2D eigenvalue weighted by Crippen LogP contribution is -2.01. The quantitative estimate of drug-likeness (QED) is 0.867. The summed E-state index contributed by atoms with van der Waals surface area (Å²) in [6, 6.07) is 13.9. The molecule has 2 rings (SSSR count). The summed E-state index contributed by atoms with van der Waals surface area (Å²) in [4.78, 5) is 3.98. The minimum absolute atomic E-state index is 0.0877. The van der Waals surface area contributed by atoms with Crippen LogP contribution < -0.4 is 10.1 Å². The summed E-state index contributed by atoms with van der Waals surface area (Å²) in [5, 5.41) is 29.4. The Hall–Kier alpha value is -3.82. The van der Waals surface area contributed by atoms with Gasteiger partial charge in [-0.05, 0) is 42.8 Å². The average molecular weight is 301 g/mol. The Morgan fingerprint density at radius 3 is 2.48 bits per heavy atom. The van der Waals surface area contributed by atoms with Crippen LogP contribution in [0, 0.1) is 40.9 Å². The van der Waals surface area contributed by atoms with E-state index in [0.717, 1.165) is 5.56 Å². The smallest absolute Gasteiger partial charge is 0.163 e. The Balaban J connectivity index is 2.24. The summed E-state index contributed by atoms with van der Waals surface area (Å²) < 4.78 is 5.71. The van der Waals surface area contributed by atoms with Gasteiger partial charge in [0.2, 0.25) is 0 Å². The highest BCUT2D eigenvalue weighted by atomic mass is 16.5. The molecule has 0 radical (unpaired) electrons. The molecule has 1 aromatic heterocycles. The number of ether oxygens (including phenoxy) is 1. The largest absolute Gasteiger partial charge is 0.455 e. The first-order chi connectivity index (χ1) is 11.2. The molecule has 0 saturated carbocycles. The highest BCUT2D eigenvalue weighted by Gasteiger charge is 2.08. The number of allylic oxidation sites excluding steroid dienone is 2. The Labute approximate surface area is 133 Å². The lowest BCUT2D eigenvalue weighted by Gasteiger charge is -2.11. The molecule has 0 bridgehead atoms. The zero-order chi connectivity index (χ0) is 16.7. The third-order valence-corrected chi connectivity index (χ3v) is 2.89. The maximum absolute atomic E-state index is 9.03. The number of pyridine rings is 1. The van der Waals surface area contributed by atoms with E-state index in [2.05, 4.69) is 10.3 Å². The van der Waals surface area contributed by atoms with Crippen molar-refractivity contribution in [3.05, 3.63) is 59.6 Å². The van der Waals surface area contributed by atoms with E-state index in [0.29, 0.717) is 17.2 Å². The van der Waals surface area contributed by atoms with Gasteiger partial charge in [-0.2, -0.15) is 15.8 Å². The van der Waals surface area contributed by atoms with Gasteiger partial charge in [0.1, 0.15) is 35.4 Å². The number of benzene rings is 1. The Kier molecular flexibility index (Phi) is 4.92. The van der Waals surface area contributed by atoms with Gasteiger partial charge in [-0.3, -0.25) is 4.98 Å². The average Bonchev–Trinajstić information content (AvgIpc) is 2.58. The molecule has 23 heavy (non-hydrogen) atoms. The molecule has 0 aliphatic heterocycles. The molecule has 110 valence electrons. The second kappa shape index (κ2) is 7.26. The molecule has 6 nitrogen and oxygen atoms in total. The van der Waals surface area contributed by atoms with Gasteiger partial charge in [0.05, 0.1) is 6.20 Å². The van der Waals surface area contributed by atoms with Crippen molar-refractivity contribution in [2.75, 3.05) is 5.32 Å². The van der Waals surface area contributed by atoms with Crippen molar-refractivity contribution in [2.24, 2.45) is 0 Å². The van der Waals surface area contributed by atoms with Crippen molar-refractivity contribution < 1.29 is 4.74 Å². The van der Waals surface area contributed by atoms with Crippen molar-refractivity contribution in [1.82, 2.24) is 4.98 Å². The van der Waals surface area contributed by atoms with Crippen LogP contribution in [0.5, 0.6) is 11.5 Å². The van der Waals surface area contributed by atoms with Crippen LogP contribution in [-0.2, 0) is 0 Å². The first-order valence-electron chi connectivity index (χ1n) is 6.58. The summed E-state index contributed by atoms with van der Waals surface area (Å²) in [5.41, 5.74) is 1.06. The SMILES string of the molecule is Cc1cc(NC(C#N)=C(C#N)C#N)ccc1Oc1cccnc1. The fourth-order valence-corrected chi connectivity index (χ4v) is 1.80. The van der Waals surface area contributed by atoms with Crippen LogP contribution in [0.15, 0.2) is 54.0 Å². The van der Waals surface area contributed by atoms with Gasteiger partial charge in [0.15, 0.2) is 5.57 Å². The van der Waals surface area contributed by atoms with Crippen LogP contribution in [0.1, 0.15) is 5.56 Å². The number of nitriles is 3. The van der Waals surface area contributed by atoms with Gasteiger partial charge in [-0.15, -0.1) is 0 Å². The number of aryl methyl sites for hydroxylation is 1. The lowest BCUT2D eigenvalue weighted by molar-refractivity contribution is 0.476. The molecule has 0 spiro atoms. The molecule has 0 fully saturated rings. The molecule has 0 aliphatic carbocycles. The van der Waals surface area contributed by atoms with Gasteiger partial charge in [0.25, 0.3) is 0 Å². The molecule has 0 saturated heterocycles. The second-order valence-electron chi connectivity index (χ2n) is 4.48. The zero-order valence-corrected chi connectivity index (χ0v) is 12.2. The van der Waals surface area contributed by atoms with Crippen molar-refractivity contribution in [3.8, 4) is 29.7 Å². The van der Waals surface area contributed by atoms with Gasteiger partial charge in [-0.25, -0.2) is 0 Å². The predicted octanol–water partition coefficient (Wildman–Crippen LogP) is 3.42. The van der Waals surface area contributed by atoms with Crippen molar-refractivity contribution in [3.63, 3.8) is 0 Å². The van der Waals surface area contributed by atoms with Gasteiger partial charge < -0.3 is 10.1 Å². The number of anilines is 1. The summed E-state index contributed by atoms with van der Waals surface area (Å²) in [5.74, 6) is 1.26. The molecular weight excluding hydrogens is 290 g/mol. The fraction of sp³-hybridized carbons (Fsp3) is 0.0588. The monoisotopic (exact) mass is 301 g/mol. The standard InChI is InChI=1S/C17H11N5O/c1-12-7-14(22-16(10-20)13(8-18)9-19)4-5-17(12)23-15-3-2-6-21-11-15/h2-7,11,22H,1H3. The van der Waals surface area contributed by atoms with Gasteiger partial charge >= 0.3 is 0 Å². The van der Waals surface area contributed by atoms with Crippen LogP contribution in [-0.4, -0.2) is 4.98 Å². The van der Waals surface area contributed by atoms with E-state index in [9.17, 15) is 0 Å². The molecule has 0 atom stereocenters. The van der Waals surface area contributed by atoms with E-state index in [4.69, 9.17) is 20.5 Å². The van der Waals surface area contributed by atoms with Gasteiger partial charge in [-0.1, -0.05) is 0 Å². The first-order valence-corrected chi connectivity index (χ1v) is 6.58. The highest BCUT2D eigenvalue weighted by molar-refractivity contribution is 5.60. The summed E-state index contributed by atoms with van der Waals surface area (Å²) in [7, 11) is 0. The predicted molar refractivity (Wildman–Crippen MR) is 83.0 cm³/mol. The molecule has 6 heteroatoms. The third-order valence-electron chi connectivity index (χ3n) is 2.89. The Bertz CT molecular complexity index is 851. The number of nitrogens with zero attached hydrogens (tertiary/aromatic N) is 4.